The smallest absolute Gasteiger partial charge is 0.162 e. The summed E-state index contributed by atoms with van der Waals surface area (Å²) in [5.41, 5.74) is 1.28. The first-order valence-corrected chi connectivity index (χ1v) is 6.43. The number of nitrogens with one attached hydrogen (secondary N) is 2. The topological polar surface area (TPSA) is 72.0 Å². The third kappa shape index (κ3) is 4.01. The van der Waals surface area contributed by atoms with E-state index in [0.29, 0.717) is 29.3 Å². The summed E-state index contributed by atoms with van der Waals surface area (Å²) < 4.78 is 10.5. The number of nitrogens with zero attached hydrogens (tertiary/aromatic N) is 1. The molecule has 1 aliphatic rings. The Balaban J connectivity index is 0.00000220. The standard InChI is InChI=1S/C14H19N3O3.ClH/c1-9(18)10-6-12(19-2)13(20-3)7-11(10)17-8-14-15-4-5-16-14;/h6-7,17H,4-5,8H2,1-3H3,(H,15,16);1H. The van der Waals surface area contributed by atoms with Crippen molar-refractivity contribution in [2.75, 3.05) is 39.2 Å². The minimum atomic E-state index is -0.0326. The van der Waals surface area contributed by atoms with Crippen LogP contribution in [0.4, 0.5) is 5.69 Å². The fraction of sp³-hybridized carbons (Fsp3) is 0.429. The Morgan fingerprint density at radius 3 is 2.52 bits per heavy atom. The first-order chi connectivity index (χ1) is 9.65. The number of anilines is 1. The van der Waals surface area contributed by atoms with E-state index in [1.165, 1.54) is 6.92 Å². The molecular weight excluding hydrogens is 294 g/mol. The lowest BCUT2D eigenvalue weighted by molar-refractivity contribution is 0.101. The number of hydrogen-bond donors (Lipinski definition) is 2. The van der Waals surface area contributed by atoms with E-state index in [4.69, 9.17) is 9.47 Å². The van der Waals surface area contributed by atoms with Gasteiger partial charge in [-0.25, -0.2) is 0 Å². The Hall–Kier alpha value is -1.95. The highest BCUT2D eigenvalue weighted by atomic mass is 35.5. The molecule has 0 saturated heterocycles. The third-order valence-corrected chi connectivity index (χ3v) is 3.09. The van der Waals surface area contributed by atoms with Gasteiger partial charge >= 0.3 is 0 Å². The van der Waals surface area contributed by atoms with E-state index in [0.717, 1.165) is 18.9 Å². The third-order valence-electron chi connectivity index (χ3n) is 3.09. The number of amidine groups is 1. The van der Waals surface area contributed by atoms with E-state index in [-0.39, 0.29) is 18.2 Å². The van der Waals surface area contributed by atoms with Gasteiger partial charge in [0, 0.05) is 23.9 Å². The number of hydrogen-bond acceptors (Lipinski definition) is 6. The highest BCUT2D eigenvalue weighted by Crippen LogP contribution is 2.33. The molecule has 1 heterocycles. The monoisotopic (exact) mass is 313 g/mol. The number of aliphatic imine (C=N–C) groups is 1. The van der Waals surface area contributed by atoms with Gasteiger partial charge in [-0.3, -0.25) is 9.79 Å². The van der Waals surface area contributed by atoms with Crippen molar-refractivity contribution in [3.8, 4) is 11.5 Å². The molecule has 2 N–H and O–H groups in total. The van der Waals surface area contributed by atoms with Gasteiger partial charge in [-0.05, 0) is 13.0 Å². The van der Waals surface area contributed by atoms with E-state index < -0.39 is 0 Å². The Labute approximate surface area is 130 Å². The van der Waals surface area contributed by atoms with Crippen LogP contribution in [-0.2, 0) is 0 Å². The number of carbonyl (C=O) groups is 1. The molecule has 0 fully saturated rings. The fourth-order valence-corrected chi connectivity index (χ4v) is 2.06. The predicted octanol–water partition coefficient (Wildman–Crippen LogP) is 1.74. The Morgan fingerprint density at radius 2 is 2.00 bits per heavy atom. The van der Waals surface area contributed by atoms with Crippen LogP contribution in [0.3, 0.4) is 0 Å². The molecule has 0 atom stereocenters. The number of methoxy groups -OCH3 is 2. The second-order valence-corrected chi connectivity index (χ2v) is 4.42. The van der Waals surface area contributed by atoms with Crippen LogP contribution in [0, 0.1) is 0 Å². The fourth-order valence-electron chi connectivity index (χ4n) is 2.06. The molecule has 2 rings (SSSR count). The SMILES string of the molecule is COc1cc(NCC2=NCCN2)c(C(C)=O)cc1OC.Cl. The van der Waals surface area contributed by atoms with Crippen LogP contribution in [0.5, 0.6) is 11.5 Å². The van der Waals surface area contributed by atoms with Gasteiger partial charge in [-0.2, -0.15) is 0 Å². The van der Waals surface area contributed by atoms with Crippen LogP contribution < -0.4 is 20.1 Å². The van der Waals surface area contributed by atoms with Crippen molar-refractivity contribution in [2.45, 2.75) is 6.92 Å². The van der Waals surface area contributed by atoms with Gasteiger partial charge in [-0.15, -0.1) is 12.4 Å². The molecule has 1 aromatic rings. The lowest BCUT2D eigenvalue weighted by atomic mass is 10.1. The van der Waals surface area contributed by atoms with Crippen molar-refractivity contribution in [2.24, 2.45) is 4.99 Å². The van der Waals surface area contributed by atoms with Crippen LogP contribution >= 0.6 is 12.4 Å². The number of carbonyl (C=O) groups excluding carboxylic acids is 1. The van der Waals surface area contributed by atoms with E-state index >= 15 is 0 Å². The molecule has 0 aliphatic carbocycles. The molecule has 0 radical (unpaired) electrons. The molecule has 0 spiro atoms. The molecule has 0 amide bonds. The summed E-state index contributed by atoms with van der Waals surface area (Å²) >= 11 is 0. The maximum absolute atomic E-state index is 11.7. The Kier molecular flexibility index (Phi) is 6.30. The molecule has 21 heavy (non-hydrogen) atoms. The Morgan fingerprint density at radius 1 is 1.33 bits per heavy atom. The van der Waals surface area contributed by atoms with Crippen molar-refractivity contribution >= 4 is 29.7 Å². The summed E-state index contributed by atoms with van der Waals surface area (Å²) in [5, 5.41) is 6.39. The summed E-state index contributed by atoms with van der Waals surface area (Å²) in [5.74, 6) is 1.99. The summed E-state index contributed by atoms with van der Waals surface area (Å²) in [6.07, 6.45) is 0. The van der Waals surface area contributed by atoms with Gasteiger partial charge < -0.3 is 20.1 Å². The second-order valence-electron chi connectivity index (χ2n) is 4.42. The van der Waals surface area contributed by atoms with Crippen LogP contribution in [0.1, 0.15) is 17.3 Å². The van der Waals surface area contributed by atoms with Crippen molar-refractivity contribution in [3.05, 3.63) is 17.7 Å². The molecule has 1 aromatic carbocycles. The maximum atomic E-state index is 11.7. The van der Waals surface area contributed by atoms with Crippen molar-refractivity contribution in [3.63, 3.8) is 0 Å². The number of ketones is 1. The number of ether oxygens (including phenoxy) is 2. The average Bonchev–Trinajstić information content (AvgIpc) is 2.97. The zero-order valence-electron chi connectivity index (χ0n) is 12.4. The van der Waals surface area contributed by atoms with Crippen molar-refractivity contribution in [1.29, 1.82) is 0 Å². The first kappa shape index (κ1) is 17.1. The van der Waals surface area contributed by atoms with E-state index in [2.05, 4.69) is 15.6 Å². The molecule has 6 nitrogen and oxygen atoms in total. The summed E-state index contributed by atoms with van der Waals surface area (Å²) in [6.45, 7) is 3.73. The minimum Gasteiger partial charge on any atom is -0.493 e. The lowest BCUT2D eigenvalue weighted by Crippen LogP contribution is -2.26. The zero-order chi connectivity index (χ0) is 14.5. The lowest BCUT2D eigenvalue weighted by Gasteiger charge is -2.15. The highest BCUT2D eigenvalue weighted by molar-refractivity contribution is 6.01. The molecule has 0 unspecified atom stereocenters. The largest absolute Gasteiger partial charge is 0.493 e. The maximum Gasteiger partial charge on any atom is 0.162 e. The van der Waals surface area contributed by atoms with Crippen LogP contribution in [0.25, 0.3) is 0 Å². The number of benzene rings is 1. The molecule has 0 aromatic heterocycles. The molecule has 7 heteroatoms. The van der Waals surface area contributed by atoms with Crippen LogP contribution in [0.2, 0.25) is 0 Å². The second kappa shape index (κ2) is 7.73. The molecule has 1 aliphatic heterocycles. The highest BCUT2D eigenvalue weighted by Gasteiger charge is 2.15. The van der Waals surface area contributed by atoms with E-state index in [9.17, 15) is 4.79 Å². The number of rotatable bonds is 6. The van der Waals surface area contributed by atoms with Crippen molar-refractivity contribution in [1.82, 2.24) is 5.32 Å². The van der Waals surface area contributed by atoms with E-state index in [1.807, 2.05) is 0 Å². The molecule has 0 saturated carbocycles. The summed E-state index contributed by atoms with van der Waals surface area (Å²) in [4.78, 5) is 16.1. The van der Waals surface area contributed by atoms with Crippen molar-refractivity contribution < 1.29 is 14.3 Å². The summed E-state index contributed by atoms with van der Waals surface area (Å²) in [7, 11) is 3.11. The summed E-state index contributed by atoms with van der Waals surface area (Å²) in [6, 6.07) is 3.46. The number of halogens is 1. The zero-order valence-corrected chi connectivity index (χ0v) is 13.2. The van der Waals surface area contributed by atoms with Gasteiger partial charge in [0.15, 0.2) is 17.3 Å². The van der Waals surface area contributed by atoms with Gasteiger partial charge in [0.1, 0.15) is 5.84 Å². The van der Waals surface area contributed by atoms with E-state index in [1.54, 1.807) is 26.4 Å². The molecular formula is C14H20ClN3O3. The van der Waals surface area contributed by atoms with Gasteiger partial charge in [0.25, 0.3) is 0 Å². The van der Waals surface area contributed by atoms with Gasteiger partial charge in [0.05, 0.1) is 27.3 Å². The average molecular weight is 314 g/mol. The van der Waals surface area contributed by atoms with Crippen LogP contribution in [0.15, 0.2) is 17.1 Å². The predicted molar refractivity (Wildman–Crippen MR) is 85.6 cm³/mol. The molecule has 116 valence electrons. The first-order valence-electron chi connectivity index (χ1n) is 6.43. The molecule has 0 bridgehead atoms. The van der Waals surface area contributed by atoms with Gasteiger partial charge in [-0.1, -0.05) is 0 Å². The normalized spacial score (nSPS) is 12.8. The minimum absolute atomic E-state index is 0. The Bertz CT molecular complexity index is 547. The quantitative estimate of drug-likeness (QED) is 0.783. The van der Waals surface area contributed by atoms with Gasteiger partial charge in [0.2, 0.25) is 0 Å². The van der Waals surface area contributed by atoms with Crippen LogP contribution in [-0.4, -0.2) is 45.5 Å². The number of Topliss-reactive ketones (excluding diaryl/α,β-unsaturated/α-hetero) is 1.